The van der Waals surface area contributed by atoms with Crippen LogP contribution < -0.4 is 15.5 Å². The molecular weight excluding hydrogens is 378 g/mol. The van der Waals surface area contributed by atoms with E-state index in [4.69, 9.17) is 10.00 Å². The van der Waals surface area contributed by atoms with Gasteiger partial charge in [0.15, 0.2) is 0 Å². The Morgan fingerprint density at radius 2 is 1.83 bits per heavy atom. The Morgan fingerprint density at radius 1 is 1.07 bits per heavy atom. The number of ether oxygens (including phenoxy) is 1. The van der Waals surface area contributed by atoms with E-state index >= 15 is 0 Å². The number of nitriles is 1. The molecule has 150 valence electrons. The summed E-state index contributed by atoms with van der Waals surface area (Å²) < 4.78 is 5.43. The lowest BCUT2D eigenvalue weighted by Crippen LogP contribution is -2.36. The molecule has 0 saturated carbocycles. The van der Waals surface area contributed by atoms with Gasteiger partial charge in [-0.1, -0.05) is 12.1 Å². The molecule has 0 bridgehead atoms. The number of hydrogen-bond donors (Lipinski definition) is 2. The van der Waals surface area contributed by atoms with Gasteiger partial charge in [0.1, 0.15) is 5.82 Å². The molecule has 7 heteroatoms. The highest BCUT2D eigenvalue weighted by molar-refractivity contribution is 6.06. The fraction of sp³-hybridized carbons (Fsp3) is 0.174. The Balaban J connectivity index is 1.49. The molecule has 2 N–H and O–H groups in total. The molecule has 0 spiro atoms. The molecule has 0 atom stereocenters. The van der Waals surface area contributed by atoms with E-state index in [0.717, 1.165) is 30.2 Å². The number of benzene rings is 2. The number of aromatic nitrogens is 1. The molecule has 4 rings (SSSR count). The zero-order valence-corrected chi connectivity index (χ0v) is 16.3. The fourth-order valence-corrected chi connectivity index (χ4v) is 3.27. The minimum atomic E-state index is -0.207. The number of rotatable bonds is 5. The lowest BCUT2D eigenvalue weighted by Gasteiger charge is -2.30. The Bertz CT molecular complexity index is 1070. The Hall–Kier alpha value is -3.89. The minimum absolute atomic E-state index is 0.207. The van der Waals surface area contributed by atoms with E-state index in [0.29, 0.717) is 30.2 Å². The number of carbonyl (C=O) groups excluding carboxylic acids is 1. The number of amides is 1. The predicted octanol–water partition coefficient (Wildman–Crippen LogP) is 3.79. The van der Waals surface area contributed by atoms with Crippen LogP contribution in [0.25, 0.3) is 0 Å². The number of nitrogens with one attached hydrogen (secondary N) is 2. The molecule has 1 aliphatic heterocycles. The van der Waals surface area contributed by atoms with Crippen molar-refractivity contribution in [2.75, 3.05) is 41.8 Å². The summed E-state index contributed by atoms with van der Waals surface area (Å²) in [7, 11) is 0. The van der Waals surface area contributed by atoms with E-state index in [1.54, 1.807) is 42.6 Å². The summed E-state index contributed by atoms with van der Waals surface area (Å²) in [4.78, 5) is 19.4. The van der Waals surface area contributed by atoms with Crippen LogP contribution in [0, 0.1) is 11.3 Å². The van der Waals surface area contributed by atoms with Crippen LogP contribution in [0.4, 0.5) is 22.9 Å². The van der Waals surface area contributed by atoms with Crippen molar-refractivity contribution in [1.82, 2.24) is 4.98 Å². The first-order valence-electron chi connectivity index (χ1n) is 9.69. The molecule has 1 aromatic heterocycles. The molecule has 3 aromatic rings. The fourth-order valence-electron chi connectivity index (χ4n) is 3.27. The number of anilines is 4. The number of morpholine rings is 1. The molecular formula is C23H21N5O2. The summed E-state index contributed by atoms with van der Waals surface area (Å²) in [5.74, 6) is 0.342. The third-order valence-corrected chi connectivity index (χ3v) is 4.81. The normalized spacial score (nSPS) is 13.4. The minimum Gasteiger partial charge on any atom is -0.378 e. The van der Waals surface area contributed by atoms with Crippen molar-refractivity contribution < 1.29 is 9.53 Å². The molecule has 30 heavy (non-hydrogen) atoms. The van der Waals surface area contributed by atoms with E-state index in [-0.39, 0.29) is 5.91 Å². The Morgan fingerprint density at radius 3 is 2.60 bits per heavy atom. The van der Waals surface area contributed by atoms with Crippen LogP contribution in [0.1, 0.15) is 15.9 Å². The summed E-state index contributed by atoms with van der Waals surface area (Å²) in [6, 6.07) is 20.3. The maximum absolute atomic E-state index is 12.9. The standard InChI is InChI=1S/C23H21N5O2/c24-16-17-5-7-19(8-6-17)26-22-15-18(9-10-25-22)23(29)27-20-3-1-2-4-21(20)28-11-13-30-14-12-28/h1-10,15H,11-14H2,(H,25,26)(H,27,29). The number of carbonyl (C=O) groups is 1. The summed E-state index contributed by atoms with van der Waals surface area (Å²) in [5, 5.41) is 15.1. The monoisotopic (exact) mass is 399 g/mol. The average Bonchev–Trinajstić information content (AvgIpc) is 2.81. The van der Waals surface area contributed by atoms with Gasteiger partial charge in [-0.15, -0.1) is 0 Å². The third-order valence-electron chi connectivity index (χ3n) is 4.81. The van der Waals surface area contributed by atoms with Crippen LogP contribution >= 0.6 is 0 Å². The van der Waals surface area contributed by atoms with Gasteiger partial charge in [-0.3, -0.25) is 4.79 Å². The van der Waals surface area contributed by atoms with Crippen LogP contribution in [-0.2, 0) is 4.74 Å². The summed E-state index contributed by atoms with van der Waals surface area (Å²) in [6.45, 7) is 2.94. The number of para-hydroxylation sites is 2. The highest BCUT2D eigenvalue weighted by atomic mass is 16.5. The van der Waals surface area contributed by atoms with E-state index in [1.807, 2.05) is 24.3 Å². The molecule has 1 saturated heterocycles. The molecule has 0 unspecified atom stereocenters. The molecule has 0 aliphatic carbocycles. The topological polar surface area (TPSA) is 90.3 Å². The van der Waals surface area contributed by atoms with E-state index < -0.39 is 0 Å². The lowest BCUT2D eigenvalue weighted by molar-refractivity contribution is 0.102. The van der Waals surface area contributed by atoms with E-state index in [2.05, 4.69) is 26.6 Å². The van der Waals surface area contributed by atoms with Crippen molar-refractivity contribution in [3.8, 4) is 6.07 Å². The van der Waals surface area contributed by atoms with Crippen molar-refractivity contribution in [1.29, 1.82) is 5.26 Å². The average molecular weight is 399 g/mol. The highest BCUT2D eigenvalue weighted by Crippen LogP contribution is 2.27. The van der Waals surface area contributed by atoms with Crippen molar-refractivity contribution in [2.24, 2.45) is 0 Å². The van der Waals surface area contributed by atoms with Gasteiger partial charge in [-0.05, 0) is 48.5 Å². The highest BCUT2D eigenvalue weighted by Gasteiger charge is 2.16. The number of pyridine rings is 1. The first kappa shape index (κ1) is 19.4. The SMILES string of the molecule is N#Cc1ccc(Nc2cc(C(=O)Nc3ccccc3N3CCOCC3)ccn2)cc1. The maximum atomic E-state index is 12.9. The second-order valence-corrected chi connectivity index (χ2v) is 6.81. The summed E-state index contributed by atoms with van der Waals surface area (Å²) >= 11 is 0. The smallest absolute Gasteiger partial charge is 0.255 e. The van der Waals surface area contributed by atoms with Crippen LogP contribution in [0.2, 0.25) is 0 Å². The maximum Gasteiger partial charge on any atom is 0.255 e. The van der Waals surface area contributed by atoms with Gasteiger partial charge in [0, 0.05) is 30.5 Å². The third kappa shape index (κ3) is 4.57. The molecule has 2 aromatic carbocycles. The zero-order valence-electron chi connectivity index (χ0n) is 16.3. The second-order valence-electron chi connectivity index (χ2n) is 6.81. The van der Waals surface area contributed by atoms with Gasteiger partial charge in [0.2, 0.25) is 0 Å². The predicted molar refractivity (Wildman–Crippen MR) is 116 cm³/mol. The van der Waals surface area contributed by atoms with Crippen LogP contribution in [0.15, 0.2) is 66.9 Å². The zero-order chi connectivity index (χ0) is 20.8. The number of hydrogen-bond acceptors (Lipinski definition) is 6. The quantitative estimate of drug-likeness (QED) is 0.678. The van der Waals surface area contributed by atoms with Crippen molar-refractivity contribution >= 4 is 28.8 Å². The Labute approximate surface area is 174 Å². The van der Waals surface area contributed by atoms with Crippen LogP contribution in [-0.4, -0.2) is 37.2 Å². The van der Waals surface area contributed by atoms with E-state index in [9.17, 15) is 4.79 Å². The molecule has 1 fully saturated rings. The van der Waals surface area contributed by atoms with Gasteiger partial charge < -0.3 is 20.3 Å². The van der Waals surface area contributed by atoms with E-state index in [1.165, 1.54) is 0 Å². The lowest BCUT2D eigenvalue weighted by atomic mass is 10.2. The van der Waals surface area contributed by atoms with Crippen LogP contribution in [0.5, 0.6) is 0 Å². The van der Waals surface area contributed by atoms with Gasteiger partial charge in [0.25, 0.3) is 5.91 Å². The molecule has 1 aliphatic rings. The largest absolute Gasteiger partial charge is 0.378 e. The second kappa shape index (κ2) is 9.07. The van der Waals surface area contributed by atoms with Crippen molar-refractivity contribution in [2.45, 2.75) is 0 Å². The van der Waals surface area contributed by atoms with Gasteiger partial charge in [-0.2, -0.15) is 5.26 Å². The van der Waals surface area contributed by atoms with Gasteiger partial charge in [0.05, 0.1) is 36.2 Å². The molecule has 2 heterocycles. The summed E-state index contributed by atoms with van der Waals surface area (Å²) in [6.07, 6.45) is 1.59. The van der Waals surface area contributed by atoms with Crippen LogP contribution in [0.3, 0.4) is 0 Å². The molecule has 0 radical (unpaired) electrons. The van der Waals surface area contributed by atoms with Crippen molar-refractivity contribution in [3.05, 3.63) is 78.0 Å². The van der Waals surface area contributed by atoms with Crippen molar-refractivity contribution in [3.63, 3.8) is 0 Å². The first-order valence-corrected chi connectivity index (χ1v) is 9.69. The van der Waals surface area contributed by atoms with Gasteiger partial charge >= 0.3 is 0 Å². The number of nitrogens with zero attached hydrogens (tertiary/aromatic N) is 3. The summed E-state index contributed by atoms with van der Waals surface area (Å²) in [5.41, 5.74) is 3.62. The van der Waals surface area contributed by atoms with Gasteiger partial charge in [-0.25, -0.2) is 4.98 Å². The molecule has 7 nitrogen and oxygen atoms in total. The molecule has 1 amide bonds. The Kier molecular flexibility index (Phi) is 5.88. The first-order chi connectivity index (χ1) is 14.7.